The average Bonchev–Trinajstić information content (AvgIpc) is 2.39. The molecule has 0 heterocycles. The molecule has 0 saturated heterocycles. The van der Waals surface area contributed by atoms with Gasteiger partial charge < -0.3 is 10.1 Å². The van der Waals surface area contributed by atoms with Crippen molar-refractivity contribution in [3.05, 3.63) is 53.6 Å². The van der Waals surface area contributed by atoms with Crippen LogP contribution < -0.4 is 10.1 Å². The van der Waals surface area contributed by atoms with Crippen LogP contribution >= 0.6 is 0 Å². The minimum atomic E-state index is 0.896. The van der Waals surface area contributed by atoms with Crippen LogP contribution in [-0.2, 0) is 6.54 Å². The lowest BCUT2D eigenvalue weighted by Crippen LogP contribution is -2.05. The Morgan fingerprint density at radius 2 is 1.83 bits per heavy atom. The van der Waals surface area contributed by atoms with Gasteiger partial charge >= 0.3 is 0 Å². The second-order valence-electron chi connectivity index (χ2n) is 4.38. The third-order valence-corrected chi connectivity index (χ3v) is 3.07. The molecule has 94 valence electrons. The minimum absolute atomic E-state index is 0.896. The van der Waals surface area contributed by atoms with Crippen LogP contribution in [0.5, 0.6) is 5.75 Å². The van der Waals surface area contributed by atoms with Crippen LogP contribution in [-0.4, -0.2) is 14.2 Å². The Labute approximate surface area is 109 Å². The summed E-state index contributed by atoms with van der Waals surface area (Å²) in [5.74, 6) is 0.918. The molecule has 0 aliphatic carbocycles. The third kappa shape index (κ3) is 2.54. The Balaban J connectivity index is 2.44. The molecule has 0 bridgehead atoms. The topological polar surface area (TPSA) is 21.3 Å². The van der Waals surface area contributed by atoms with Gasteiger partial charge in [-0.05, 0) is 36.7 Å². The summed E-state index contributed by atoms with van der Waals surface area (Å²) in [6, 6.07) is 14.7. The van der Waals surface area contributed by atoms with E-state index in [2.05, 4.69) is 36.5 Å². The summed E-state index contributed by atoms with van der Waals surface area (Å²) < 4.78 is 5.42. The highest BCUT2D eigenvalue weighted by Crippen LogP contribution is 2.32. The number of para-hydroxylation sites is 1. The number of rotatable bonds is 4. The van der Waals surface area contributed by atoms with Gasteiger partial charge in [-0.25, -0.2) is 0 Å². The average molecular weight is 241 g/mol. The van der Waals surface area contributed by atoms with Gasteiger partial charge in [0.25, 0.3) is 0 Å². The quantitative estimate of drug-likeness (QED) is 0.886. The van der Waals surface area contributed by atoms with Gasteiger partial charge in [-0.1, -0.05) is 36.4 Å². The maximum atomic E-state index is 5.42. The molecular weight excluding hydrogens is 222 g/mol. The molecule has 0 saturated carbocycles. The van der Waals surface area contributed by atoms with Crippen molar-refractivity contribution < 1.29 is 4.74 Å². The Bertz CT molecular complexity index is 534. The molecule has 1 N–H and O–H groups in total. The molecule has 0 amide bonds. The van der Waals surface area contributed by atoms with Crippen molar-refractivity contribution in [1.29, 1.82) is 0 Å². The monoisotopic (exact) mass is 241 g/mol. The molecule has 0 radical (unpaired) electrons. The van der Waals surface area contributed by atoms with Gasteiger partial charge in [0.15, 0.2) is 0 Å². The van der Waals surface area contributed by atoms with E-state index in [1.807, 2.05) is 25.2 Å². The number of aryl methyl sites for hydroxylation is 1. The largest absolute Gasteiger partial charge is 0.496 e. The molecule has 0 unspecified atom stereocenters. The van der Waals surface area contributed by atoms with Crippen LogP contribution in [0, 0.1) is 6.92 Å². The lowest BCUT2D eigenvalue weighted by Gasteiger charge is -2.12. The van der Waals surface area contributed by atoms with Crippen LogP contribution in [0.1, 0.15) is 11.1 Å². The summed E-state index contributed by atoms with van der Waals surface area (Å²) in [6.07, 6.45) is 0. The first-order valence-corrected chi connectivity index (χ1v) is 6.13. The van der Waals surface area contributed by atoms with E-state index in [0.29, 0.717) is 0 Å². The fourth-order valence-electron chi connectivity index (χ4n) is 2.21. The highest BCUT2D eigenvalue weighted by molar-refractivity contribution is 5.73. The second-order valence-corrected chi connectivity index (χ2v) is 4.38. The summed E-state index contributed by atoms with van der Waals surface area (Å²) in [5, 5.41) is 3.17. The van der Waals surface area contributed by atoms with Crippen molar-refractivity contribution in [2.45, 2.75) is 13.5 Å². The molecule has 0 aromatic heterocycles. The molecule has 0 aliphatic rings. The van der Waals surface area contributed by atoms with Crippen molar-refractivity contribution >= 4 is 0 Å². The first-order valence-electron chi connectivity index (χ1n) is 6.13. The van der Waals surface area contributed by atoms with E-state index in [4.69, 9.17) is 4.74 Å². The lowest BCUT2D eigenvalue weighted by molar-refractivity contribution is 0.416. The van der Waals surface area contributed by atoms with Crippen LogP contribution in [0.25, 0.3) is 11.1 Å². The number of hydrogen-bond acceptors (Lipinski definition) is 2. The summed E-state index contributed by atoms with van der Waals surface area (Å²) in [6.45, 7) is 3.04. The highest BCUT2D eigenvalue weighted by Gasteiger charge is 2.07. The molecule has 0 atom stereocenters. The number of methoxy groups -OCH3 is 1. The number of hydrogen-bond donors (Lipinski definition) is 1. The lowest BCUT2D eigenvalue weighted by atomic mass is 9.97. The van der Waals surface area contributed by atoms with E-state index in [1.165, 1.54) is 16.7 Å². The minimum Gasteiger partial charge on any atom is -0.496 e. The Morgan fingerprint density at radius 1 is 1.06 bits per heavy atom. The molecule has 2 aromatic carbocycles. The molecule has 0 aliphatic heterocycles. The zero-order valence-electron chi connectivity index (χ0n) is 11.2. The third-order valence-electron chi connectivity index (χ3n) is 3.07. The van der Waals surface area contributed by atoms with Crippen LogP contribution in [0.4, 0.5) is 0 Å². The number of nitrogens with one attached hydrogen (secondary N) is 1. The Hall–Kier alpha value is -1.80. The van der Waals surface area contributed by atoms with Crippen molar-refractivity contribution in [2.75, 3.05) is 14.2 Å². The Morgan fingerprint density at radius 3 is 2.50 bits per heavy atom. The maximum absolute atomic E-state index is 5.42. The van der Waals surface area contributed by atoms with E-state index < -0.39 is 0 Å². The molecule has 0 fully saturated rings. The Kier molecular flexibility index (Phi) is 4.00. The molecule has 2 heteroatoms. The van der Waals surface area contributed by atoms with Gasteiger partial charge in [0.1, 0.15) is 5.75 Å². The van der Waals surface area contributed by atoms with Crippen molar-refractivity contribution in [2.24, 2.45) is 0 Å². The zero-order valence-corrected chi connectivity index (χ0v) is 11.2. The SMILES string of the molecule is CNCc1ccc(-c2ccccc2OC)c(C)c1. The predicted octanol–water partition coefficient (Wildman–Crippen LogP) is 3.39. The van der Waals surface area contributed by atoms with E-state index >= 15 is 0 Å². The summed E-state index contributed by atoms with van der Waals surface area (Å²) >= 11 is 0. The fraction of sp³-hybridized carbons (Fsp3) is 0.250. The van der Waals surface area contributed by atoms with Crippen LogP contribution in [0.2, 0.25) is 0 Å². The predicted molar refractivity (Wildman–Crippen MR) is 75.9 cm³/mol. The fourth-order valence-corrected chi connectivity index (χ4v) is 2.21. The molecule has 18 heavy (non-hydrogen) atoms. The van der Waals surface area contributed by atoms with Gasteiger partial charge in [0.2, 0.25) is 0 Å². The second kappa shape index (κ2) is 5.69. The number of ether oxygens (including phenoxy) is 1. The van der Waals surface area contributed by atoms with Gasteiger partial charge in [-0.15, -0.1) is 0 Å². The first-order chi connectivity index (χ1) is 8.76. The molecule has 2 aromatic rings. The highest BCUT2D eigenvalue weighted by atomic mass is 16.5. The van der Waals surface area contributed by atoms with Gasteiger partial charge in [0, 0.05) is 12.1 Å². The molecule has 2 nitrogen and oxygen atoms in total. The van der Waals surface area contributed by atoms with Crippen LogP contribution in [0.3, 0.4) is 0 Å². The standard InChI is InChI=1S/C16H19NO/c1-12-10-13(11-17-2)8-9-14(12)15-6-4-5-7-16(15)18-3/h4-10,17H,11H2,1-3H3. The van der Waals surface area contributed by atoms with Gasteiger partial charge in [0.05, 0.1) is 7.11 Å². The smallest absolute Gasteiger partial charge is 0.126 e. The van der Waals surface area contributed by atoms with E-state index in [1.54, 1.807) is 7.11 Å². The summed E-state index contributed by atoms with van der Waals surface area (Å²) in [5.41, 5.74) is 4.95. The van der Waals surface area contributed by atoms with Crippen molar-refractivity contribution in [1.82, 2.24) is 5.32 Å². The molecule has 0 spiro atoms. The van der Waals surface area contributed by atoms with Crippen molar-refractivity contribution in [3.63, 3.8) is 0 Å². The zero-order chi connectivity index (χ0) is 13.0. The van der Waals surface area contributed by atoms with E-state index in [9.17, 15) is 0 Å². The summed E-state index contributed by atoms with van der Waals surface area (Å²) in [7, 11) is 3.67. The number of benzene rings is 2. The maximum Gasteiger partial charge on any atom is 0.126 e. The van der Waals surface area contributed by atoms with Gasteiger partial charge in [-0.2, -0.15) is 0 Å². The van der Waals surface area contributed by atoms with E-state index in [-0.39, 0.29) is 0 Å². The van der Waals surface area contributed by atoms with Crippen LogP contribution in [0.15, 0.2) is 42.5 Å². The van der Waals surface area contributed by atoms with E-state index in [0.717, 1.165) is 17.9 Å². The normalized spacial score (nSPS) is 10.4. The molecular formula is C16H19NO. The van der Waals surface area contributed by atoms with Gasteiger partial charge in [-0.3, -0.25) is 0 Å². The summed E-state index contributed by atoms with van der Waals surface area (Å²) in [4.78, 5) is 0. The van der Waals surface area contributed by atoms with Crippen molar-refractivity contribution in [3.8, 4) is 16.9 Å². The first kappa shape index (κ1) is 12.7. The molecule has 2 rings (SSSR count).